The third-order valence-electron chi connectivity index (χ3n) is 4.27. The van der Waals surface area contributed by atoms with Gasteiger partial charge in [0.25, 0.3) is 0 Å². The Morgan fingerprint density at radius 3 is 3.07 bits per heavy atom. The van der Waals surface area contributed by atoms with Crippen LogP contribution in [0.5, 0.6) is 0 Å². The molecule has 0 aliphatic carbocycles. The van der Waals surface area contributed by atoms with Crippen molar-refractivity contribution in [2.75, 3.05) is 16.8 Å². The standard InChI is InChI=1S/C17H14N8O2/c18-7-11-2-1-3-12(6-11)22-17-19-8-15(25(26)27)16(23-17)24-5-4-13-14(9-24)21-10-20-13/h1-3,6,8,10H,4-5,9H2,(H,20,21)(H,19,22,23). The Balaban J connectivity index is 1.66. The van der Waals surface area contributed by atoms with Crippen LogP contribution in [0.4, 0.5) is 23.1 Å². The summed E-state index contributed by atoms with van der Waals surface area (Å²) in [4.78, 5) is 28.5. The number of H-pyrrole nitrogens is 1. The number of hydrogen-bond donors (Lipinski definition) is 2. The summed E-state index contributed by atoms with van der Waals surface area (Å²) in [6, 6.07) is 8.90. The van der Waals surface area contributed by atoms with Crippen LogP contribution in [0.3, 0.4) is 0 Å². The number of aromatic amines is 1. The van der Waals surface area contributed by atoms with Crippen LogP contribution in [0.2, 0.25) is 0 Å². The first-order chi connectivity index (χ1) is 13.1. The second-order valence-corrected chi connectivity index (χ2v) is 5.98. The Kier molecular flexibility index (Phi) is 4.10. The van der Waals surface area contributed by atoms with Crippen molar-refractivity contribution in [1.82, 2.24) is 19.9 Å². The monoisotopic (exact) mass is 362 g/mol. The number of rotatable bonds is 4. The summed E-state index contributed by atoms with van der Waals surface area (Å²) in [5, 5.41) is 23.4. The second kappa shape index (κ2) is 6.72. The van der Waals surface area contributed by atoms with E-state index in [1.807, 2.05) is 4.90 Å². The molecule has 3 heterocycles. The molecule has 1 aliphatic rings. The molecule has 0 bridgehead atoms. The Morgan fingerprint density at radius 2 is 2.26 bits per heavy atom. The molecule has 10 nitrogen and oxygen atoms in total. The second-order valence-electron chi connectivity index (χ2n) is 5.98. The van der Waals surface area contributed by atoms with Crippen molar-refractivity contribution in [3.05, 3.63) is 63.9 Å². The number of anilines is 3. The van der Waals surface area contributed by atoms with Gasteiger partial charge in [-0.3, -0.25) is 10.1 Å². The molecule has 0 amide bonds. The predicted molar refractivity (Wildman–Crippen MR) is 96.5 cm³/mol. The molecule has 134 valence electrons. The van der Waals surface area contributed by atoms with Gasteiger partial charge in [0.05, 0.1) is 35.1 Å². The van der Waals surface area contributed by atoms with E-state index in [-0.39, 0.29) is 17.5 Å². The number of nitrogens with one attached hydrogen (secondary N) is 2. The minimum absolute atomic E-state index is 0.162. The zero-order valence-electron chi connectivity index (χ0n) is 14.1. The van der Waals surface area contributed by atoms with Crippen molar-refractivity contribution < 1.29 is 4.92 Å². The molecule has 0 saturated heterocycles. The number of fused-ring (bicyclic) bond motifs is 1. The smallest absolute Gasteiger partial charge is 0.329 e. The lowest BCUT2D eigenvalue weighted by Gasteiger charge is -2.26. The highest BCUT2D eigenvalue weighted by Gasteiger charge is 2.27. The Morgan fingerprint density at radius 1 is 1.37 bits per heavy atom. The summed E-state index contributed by atoms with van der Waals surface area (Å²) in [7, 11) is 0. The van der Waals surface area contributed by atoms with Gasteiger partial charge in [0.1, 0.15) is 6.20 Å². The molecule has 27 heavy (non-hydrogen) atoms. The molecule has 1 aromatic carbocycles. The molecule has 0 unspecified atom stereocenters. The van der Waals surface area contributed by atoms with E-state index in [9.17, 15) is 10.1 Å². The first-order valence-corrected chi connectivity index (χ1v) is 8.19. The summed E-state index contributed by atoms with van der Waals surface area (Å²) in [6.45, 7) is 1.01. The zero-order valence-corrected chi connectivity index (χ0v) is 14.1. The molecule has 4 rings (SSSR count). The summed E-state index contributed by atoms with van der Waals surface area (Å²) >= 11 is 0. The highest BCUT2D eigenvalue weighted by atomic mass is 16.6. The molecule has 2 N–H and O–H groups in total. The molecule has 0 spiro atoms. The first kappa shape index (κ1) is 16.5. The van der Waals surface area contributed by atoms with Gasteiger partial charge in [-0.15, -0.1) is 0 Å². The summed E-state index contributed by atoms with van der Waals surface area (Å²) < 4.78 is 0. The van der Waals surface area contributed by atoms with Crippen LogP contribution in [-0.2, 0) is 13.0 Å². The highest BCUT2D eigenvalue weighted by molar-refractivity contribution is 5.63. The van der Waals surface area contributed by atoms with Crippen molar-refractivity contribution >= 4 is 23.1 Å². The molecule has 0 atom stereocenters. The molecule has 2 aromatic heterocycles. The minimum atomic E-state index is -0.491. The SMILES string of the molecule is N#Cc1cccc(Nc2ncc([N+](=O)[O-])c(N3CCc4[nH]cnc4C3)n2)c1. The van der Waals surface area contributed by atoms with Crippen LogP contribution in [0.15, 0.2) is 36.8 Å². The van der Waals surface area contributed by atoms with Crippen LogP contribution in [0.25, 0.3) is 0 Å². The van der Waals surface area contributed by atoms with E-state index in [0.29, 0.717) is 30.8 Å². The van der Waals surface area contributed by atoms with Crippen molar-refractivity contribution in [2.45, 2.75) is 13.0 Å². The lowest BCUT2D eigenvalue weighted by Crippen LogP contribution is -2.32. The van der Waals surface area contributed by atoms with Crippen molar-refractivity contribution in [3.63, 3.8) is 0 Å². The number of nitrogens with zero attached hydrogens (tertiary/aromatic N) is 6. The summed E-state index contributed by atoms with van der Waals surface area (Å²) in [5.74, 6) is 0.459. The zero-order chi connectivity index (χ0) is 18.8. The topological polar surface area (TPSA) is 137 Å². The maximum absolute atomic E-state index is 11.4. The van der Waals surface area contributed by atoms with Crippen LogP contribution in [0.1, 0.15) is 17.0 Å². The number of aromatic nitrogens is 4. The lowest BCUT2D eigenvalue weighted by atomic mass is 10.1. The molecule has 10 heteroatoms. The van der Waals surface area contributed by atoms with E-state index < -0.39 is 4.92 Å². The van der Waals surface area contributed by atoms with Gasteiger partial charge in [0.15, 0.2) is 0 Å². The van der Waals surface area contributed by atoms with Gasteiger partial charge >= 0.3 is 5.69 Å². The summed E-state index contributed by atoms with van der Waals surface area (Å²) in [6.07, 6.45) is 3.51. The molecule has 0 saturated carbocycles. The fraction of sp³-hybridized carbons (Fsp3) is 0.176. The minimum Gasteiger partial charge on any atom is -0.348 e. The first-order valence-electron chi connectivity index (χ1n) is 8.19. The Bertz CT molecular complexity index is 1060. The molecular weight excluding hydrogens is 348 g/mol. The van der Waals surface area contributed by atoms with Crippen LogP contribution in [0, 0.1) is 21.4 Å². The van der Waals surface area contributed by atoms with E-state index in [1.54, 1.807) is 30.6 Å². The third-order valence-corrected chi connectivity index (χ3v) is 4.27. The molecule has 1 aliphatic heterocycles. The number of benzene rings is 1. The van der Waals surface area contributed by atoms with Gasteiger partial charge in [-0.1, -0.05) is 6.07 Å². The van der Waals surface area contributed by atoms with Gasteiger partial charge in [-0.2, -0.15) is 10.2 Å². The van der Waals surface area contributed by atoms with Crippen LogP contribution in [-0.4, -0.2) is 31.4 Å². The quantitative estimate of drug-likeness (QED) is 0.533. The highest BCUT2D eigenvalue weighted by Crippen LogP contribution is 2.30. The van der Waals surface area contributed by atoms with Gasteiger partial charge in [0.2, 0.25) is 11.8 Å². The Labute approximate surface area is 153 Å². The van der Waals surface area contributed by atoms with Crippen molar-refractivity contribution in [3.8, 4) is 6.07 Å². The molecule has 0 fully saturated rings. The van der Waals surface area contributed by atoms with Crippen molar-refractivity contribution in [1.29, 1.82) is 5.26 Å². The maximum Gasteiger partial charge on any atom is 0.329 e. The van der Waals surface area contributed by atoms with Gasteiger partial charge in [0, 0.05) is 24.3 Å². The summed E-state index contributed by atoms with van der Waals surface area (Å²) in [5.41, 5.74) is 2.84. The van der Waals surface area contributed by atoms with Gasteiger partial charge < -0.3 is 15.2 Å². The average molecular weight is 362 g/mol. The van der Waals surface area contributed by atoms with E-state index in [2.05, 4.69) is 31.3 Å². The number of nitro groups is 1. The largest absolute Gasteiger partial charge is 0.348 e. The molecule has 0 radical (unpaired) electrons. The number of hydrogen-bond acceptors (Lipinski definition) is 8. The molecule has 3 aromatic rings. The Hall–Kier alpha value is -4.00. The lowest BCUT2D eigenvalue weighted by molar-refractivity contribution is -0.384. The fourth-order valence-corrected chi connectivity index (χ4v) is 2.97. The average Bonchev–Trinajstić information content (AvgIpc) is 3.15. The molecular formula is C17H14N8O2. The van der Waals surface area contributed by atoms with E-state index >= 15 is 0 Å². The van der Waals surface area contributed by atoms with Gasteiger partial charge in [-0.25, -0.2) is 9.97 Å². The van der Waals surface area contributed by atoms with E-state index in [0.717, 1.165) is 11.4 Å². The van der Waals surface area contributed by atoms with Gasteiger partial charge in [-0.05, 0) is 18.2 Å². The van der Waals surface area contributed by atoms with E-state index in [1.165, 1.54) is 6.20 Å². The maximum atomic E-state index is 11.4. The predicted octanol–water partition coefficient (Wildman–Crippen LogP) is 2.29. The van der Waals surface area contributed by atoms with Crippen LogP contribution >= 0.6 is 0 Å². The number of nitriles is 1. The van der Waals surface area contributed by atoms with E-state index in [4.69, 9.17) is 5.26 Å². The van der Waals surface area contributed by atoms with Crippen LogP contribution < -0.4 is 10.2 Å². The number of imidazole rings is 1. The van der Waals surface area contributed by atoms with Crippen molar-refractivity contribution in [2.24, 2.45) is 0 Å². The normalized spacial score (nSPS) is 12.9. The third kappa shape index (κ3) is 3.25. The fourth-order valence-electron chi connectivity index (χ4n) is 2.97.